The van der Waals surface area contributed by atoms with E-state index < -0.39 is 164 Å². The second kappa shape index (κ2) is 37.9. The van der Waals surface area contributed by atoms with Crippen molar-refractivity contribution in [1.82, 2.24) is 85.1 Å². The number of benzene rings is 1. The van der Waals surface area contributed by atoms with Crippen molar-refractivity contribution in [2.45, 2.75) is 309 Å². The molecule has 16 bridgehead atoms. The average molecular weight is 2010 g/mol. The minimum Gasteiger partial charge on any atom is -0.748 e. The minimum atomic E-state index is -5.73. The van der Waals surface area contributed by atoms with E-state index in [4.69, 9.17) is 4.55 Å². The normalized spacial score (nSPS) is 45.7. The molecule has 1 aromatic carbocycles. The van der Waals surface area contributed by atoms with Crippen LogP contribution in [0.4, 0.5) is 11.4 Å². The van der Waals surface area contributed by atoms with Crippen molar-refractivity contribution in [3.05, 3.63) is 18.2 Å². The molecule has 38 atom stereocenters. The molecule has 3 radical (unpaired) electrons. The fraction of sp³-hybridized carbons (Fsp3) is 0.904. The number of anilines is 2. The Bertz CT molecular complexity index is 4570. The van der Waals surface area contributed by atoms with Crippen molar-refractivity contribution in [3.63, 3.8) is 0 Å². The maximum atomic E-state index is 13.1. The van der Waals surface area contributed by atoms with Crippen molar-refractivity contribution in [3.8, 4) is 0 Å². The maximum Gasteiger partial charge on any atom is 2.00 e. The van der Waals surface area contributed by atoms with Crippen LogP contribution in [0, 0.1) is 94.7 Å². The molecule has 8 saturated carbocycles. The van der Waals surface area contributed by atoms with Crippen LogP contribution in [0.5, 0.6) is 0 Å². The first-order valence-corrected chi connectivity index (χ1v) is 53.9. The molecule has 38 unspecified atom stereocenters. The molecule has 18 fully saturated rings. The number of hydrogen-bond acceptors (Lipinski definition) is 38. The molecule has 123 heavy (non-hydrogen) atoms. The number of amides is 1. The van der Waals surface area contributed by atoms with E-state index in [1.54, 1.807) is 0 Å². The molecule has 19 rings (SSSR count). The molecule has 10 heterocycles. The first-order valence-electron chi connectivity index (χ1n) is 43.6. The minimum absolute atomic E-state index is 0. The average Bonchev–Trinajstić information content (AvgIpc) is 1.61. The summed E-state index contributed by atoms with van der Waals surface area (Å²) in [6, 6.07) is 4.17. The van der Waals surface area contributed by atoms with Gasteiger partial charge < -0.3 is 38.0 Å². The van der Waals surface area contributed by atoms with Crippen LogP contribution >= 0.6 is 0 Å². The van der Waals surface area contributed by atoms with Gasteiger partial charge in [0.05, 0.1) is 176 Å². The summed E-state index contributed by atoms with van der Waals surface area (Å²) in [4.78, 5) is 10.5. The van der Waals surface area contributed by atoms with Crippen LogP contribution in [0.1, 0.15) is 174 Å². The molecule has 50 heteroatoms. The molecule has 1 aromatic rings. The van der Waals surface area contributed by atoms with E-state index in [9.17, 15) is 91.0 Å². The van der Waals surface area contributed by atoms with Crippen LogP contribution in [0.15, 0.2) is 23.1 Å². The third kappa shape index (κ3) is 19.7. The van der Waals surface area contributed by atoms with E-state index in [1.165, 1.54) is 57.9 Å². The number of hydrogen-bond donors (Lipinski definition) is 19. The van der Waals surface area contributed by atoms with E-state index in [-0.39, 0.29) is 189 Å². The fourth-order valence-corrected chi connectivity index (χ4v) is 37.7. The summed E-state index contributed by atoms with van der Waals surface area (Å²) >= 11 is 0. The summed E-state index contributed by atoms with van der Waals surface area (Å²) < 4.78 is 262. The van der Waals surface area contributed by atoms with E-state index in [1.807, 2.05) is 0 Å². The van der Waals surface area contributed by atoms with Crippen LogP contribution in [0.25, 0.3) is 0 Å². The number of carbonyl (C=O) groups excluding carboxylic acids is 1. The number of nitrogens with one attached hydrogen (secondary N) is 18. The van der Waals surface area contributed by atoms with Crippen molar-refractivity contribution in [2.24, 2.45) is 94.7 Å². The first kappa shape index (κ1) is 97.8. The smallest absolute Gasteiger partial charge is 0.748 e. The second-order valence-electron chi connectivity index (χ2n) is 37.9. The third-order valence-corrected chi connectivity index (χ3v) is 41.0. The van der Waals surface area contributed by atoms with Gasteiger partial charge in [-0.3, -0.25) is 94.4 Å². The standard InChI is InChI=1S/2C32H56N8O9S3.C9H12N2O4S.3Cu/c2*41-50(42,43)21-13-20-22(24(52(47,48)49)23(21)51(44,45)46)32-39-30-19-12-6-5-11-18(19)28(37-30)35-26-15-8-2-1-7-14(15)25(33-26)34-27-16-9-3-4-10-17(16)29(36-27)38-31(20)40-32;1-6(12)11-7-3-4-8(10-2)9(5-7)16(13,14)15;;;/h2*14-40H,1-13H2,(H,41,42,43)(H,44,45,46)(H,47,48,49);3-5,10H,1-2H3,(H,11,12)(H,13,14,15);;;/q;;;3*+2/p-6. The van der Waals surface area contributed by atoms with E-state index in [0.29, 0.717) is 29.4 Å². The van der Waals surface area contributed by atoms with E-state index in [2.05, 4.69) is 95.7 Å². The Morgan fingerprint density at radius 1 is 0.309 bits per heavy atom. The summed E-state index contributed by atoms with van der Waals surface area (Å²) in [5, 5.41) is 50.2. The van der Waals surface area contributed by atoms with Crippen molar-refractivity contribution in [2.75, 3.05) is 17.7 Å². The quantitative estimate of drug-likeness (QED) is 0.0882. The molecular formula is C73H118Cu3N18O22S7. The van der Waals surface area contributed by atoms with Crippen LogP contribution in [-0.4, -0.2) is 234 Å². The van der Waals surface area contributed by atoms with Gasteiger partial charge in [-0.15, -0.1) is 0 Å². The molecule has 8 aliphatic carbocycles. The van der Waals surface area contributed by atoms with E-state index in [0.717, 1.165) is 128 Å². The molecule has 18 aliphatic rings. The van der Waals surface area contributed by atoms with Crippen molar-refractivity contribution in [1.29, 1.82) is 0 Å². The predicted octanol–water partition coefficient (Wildman–Crippen LogP) is -2.72. The predicted molar refractivity (Wildman–Crippen MR) is 428 cm³/mol. The van der Waals surface area contributed by atoms with Crippen LogP contribution in [-0.2, 0) is 127 Å². The number of fused-ring (bicyclic) bond motifs is 40. The molecule has 0 aromatic heterocycles. The SMILES string of the molecule is CNc1ccc(NC(C)=O)cc1S(=O)(=O)O.O=S(=O)([O-])C1CC2C3NC4NC(NC5NC(NC6NC(NC(N3)C2C(S(=O)(=O)[O-])C1S(=O)(=O)[O-])C1CCCCC61)C1CCCCC51)C1CCCCC41.O=S(=O)([O-])C1CC2C3NC4NC(NC5NC(NC6NC(NC(N3)C2C(S(=O)(=O)[O-])C1S(=O)(=O)[O-])C1CCCCC61)C1CCCCC51)C1CCCCC41.[Cu+2].[Cu+2].[Cu+2]. The van der Waals surface area contributed by atoms with E-state index >= 15 is 0 Å². The number of rotatable bonds is 9. The van der Waals surface area contributed by atoms with Crippen LogP contribution in [0.3, 0.4) is 0 Å². The Morgan fingerprint density at radius 3 is 0.675 bits per heavy atom. The summed E-state index contributed by atoms with van der Waals surface area (Å²) in [6.45, 7) is 1.30. The number of carbonyl (C=O) groups is 1. The molecule has 707 valence electrons. The van der Waals surface area contributed by atoms with Gasteiger partial charge in [0.15, 0.2) is 0 Å². The zero-order valence-corrected chi connectivity index (χ0v) is 76.4. The Morgan fingerprint density at radius 2 is 0.504 bits per heavy atom. The molecule has 10 saturated heterocycles. The van der Waals surface area contributed by atoms with Crippen LogP contribution < -0.4 is 95.7 Å². The monoisotopic (exact) mass is 2010 g/mol. The first-order chi connectivity index (χ1) is 56.7. The van der Waals surface area contributed by atoms with Gasteiger partial charge in [-0.1, -0.05) is 77.0 Å². The van der Waals surface area contributed by atoms with Crippen molar-refractivity contribution >= 4 is 88.1 Å². The largest absolute Gasteiger partial charge is 2.00 e. The van der Waals surface area contributed by atoms with Gasteiger partial charge in [0, 0.05) is 31.5 Å². The zero-order chi connectivity index (χ0) is 85.0. The summed E-state index contributed by atoms with van der Waals surface area (Å²) in [6.07, 6.45) is 19.5. The van der Waals surface area contributed by atoms with Gasteiger partial charge in [0.2, 0.25) is 5.91 Å². The fourth-order valence-electron chi connectivity index (χ4n) is 27.1. The molecule has 1 amide bonds. The summed E-state index contributed by atoms with van der Waals surface area (Å²) in [5.74, 6) is -1.32. The summed E-state index contributed by atoms with van der Waals surface area (Å²) in [7, 11) is -36.5. The van der Waals surface area contributed by atoms with Gasteiger partial charge >= 0.3 is 51.2 Å². The molecular weight excluding hydrogens is 1900 g/mol. The topological polar surface area (TPSA) is 631 Å². The van der Waals surface area contributed by atoms with Gasteiger partial charge in [0.1, 0.15) is 25.1 Å². The van der Waals surface area contributed by atoms with Gasteiger partial charge in [0.25, 0.3) is 10.1 Å². The van der Waals surface area contributed by atoms with Crippen LogP contribution in [0.2, 0.25) is 0 Å². The second-order valence-corrected chi connectivity index (χ2v) is 48.6. The molecule has 40 nitrogen and oxygen atoms in total. The Balaban J connectivity index is 0.000000167. The summed E-state index contributed by atoms with van der Waals surface area (Å²) in [5.41, 5.74) is 0.565. The molecule has 0 spiro atoms. The molecule has 19 N–H and O–H groups in total. The Hall–Kier alpha value is -1.22. The van der Waals surface area contributed by atoms with Gasteiger partial charge in [-0.2, -0.15) is 8.42 Å². The third-order valence-electron chi connectivity index (χ3n) is 31.8. The zero-order valence-electron chi connectivity index (χ0n) is 67.8. The van der Waals surface area contributed by atoms with Gasteiger partial charge in [-0.05, 0) is 191 Å². The Labute approximate surface area is 753 Å². The maximum absolute atomic E-state index is 13.1. The van der Waals surface area contributed by atoms with Crippen molar-refractivity contribution < 1.29 is 147 Å². The van der Waals surface area contributed by atoms with Gasteiger partial charge in [-0.25, -0.2) is 50.5 Å². The molecule has 10 aliphatic heterocycles. The Kier molecular flexibility index (Phi) is 30.1.